The highest BCUT2D eigenvalue weighted by atomic mass is 32.2. The third kappa shape index (κ3) is 2.88. The lowest BCUT2D eigenvalue weighted by molar-refractivity contribution is 0.431. The van der Waals surface area contributed by atoms with Gasteiger partial charge in [-0.3, -0.25) is 0 Å². The lowest BCUT2D eigenvalue weighted by Gasteiger charge is -2.09. The van der Waals surface area contributed by atoms with E-state index in [4.69, 9.17) is 4.42 Å². The number of fused-ring (bicyclic) bond motifs is 1. The first kappa shape index (κ1) is 13.9. The normalized spacial score (nSPS) is 11.0. The predicted octanol–water partition coefficient (Wildman–Crippen LogP) is 4.17. The largest absolute Gasteiger partial charge is 0.437 e. The molecule has 0 aliphatic heterocycles. The Balaban J connectivity index is 1.88. The van der Waals surface area contributed by atoms with Crippen molar-refractivity contribution in [3.63, 3.8) is 0 Å². The van der Waals surface area contributed by atoms with E-state index in [1.165, 1.54) is 0 Å². The summed E-state index contributed by atoms with van der Waals surface area (Å²) in [6.45, 7) is 3.89. The van der Waals surface area contributed by atoms with Crippen molar-refractivity contribution < 1.29 is 4.42 Å². The van der Waals surface area contributed by atoms with Crippen LogP contribution in [-0.4, -0.2) is 17.0 Å². The molecule has 1 aromatic carbocycles. The van der Waals surface area contributed by atoms with Crippen molar-refractivity contribution in [3.8, 4) is 0 Å². The van der Waals surface area contributed by atoms with Crippen LogP contribution in [0.25, 0.3) is 10.9 Å². The van der Waals surface area contributed by atoms with E-state index in [2.05, 4.69) is 27.4 Å². The van der Waals surface area contributed by atoms with Crippen LogP contribution >= 0.6 is 11.8 Å². The first-order valence-corrected chi connectivity index (χ1v) is 7.79. The highest BCUT2D eigenvalue weighted by Gasteiger charge is 2.10. The van der Waals surface area contributed by atoms with E-state index in [0.717, 1.165) is 39.5 Å². The minimum absolute atomic E-state index is 0.709. The Morgan fingerprint density at radius 1 is 1.19 bits per heavy atom. The lowest BCUT2D eigenvalue weighted by atomic mass is 10.1. The van der Waals surface area contributed by atoms with Crippen LogP contribution in [0.5, 0.6) is 0 Å². The van der Waals surface area contributed by atoms with Crippen molar-refractivity contribution in [2.45, 2.75) is 24.8 Å². The van der Waals surface area contributed by atoms with E-state index in [-0.39, 0.29) is 0 Å². The molecule has 21 heavy (non-hydrogen) atoms. The van der Waals surface area contributed by atoms with E-state index in [9.17, 15) is 0 Å². The Kier molecular flexibility index (Phi) is 3.84. The van der Waals surface area contributed by atoms with Crippen molar-refractivity contribution in [2.75, 3.05) is 12.4 Å². The van der Waals surface area contributed by atoms with Gasteiger partial charge < -0.3 is 9.73 Å². The highest BCUT2D eigenvalue weighted by Crippen LogP contribution is 2.28. The van der Waals surface area contributed by atoms with Gasteiger partial charge in [-0.2, -0.15) is 0 Å². The van der Waals surface area contributed by atoms with Gasteiger partial charge >= 0.3 is 0 Å². The van der Waals surface area contributed by atoms with Crippen molar-refractivity contribution in [1.29, 1.82) is 0 Å². The predicted molar refractivity (Wildman–Crippen MR) is 86.8 cm³/mol. The van der Waals surface area contributed by atoms with Crippen molar-refractivity contribution in [3.05, 3.63) is 47.3 Å². The Labute approximate surface area is 128 Å². The molecule has 0 aliphatic carbocycles. The maximum atomic E-state index is 5.61. The number of para-hydroxylation sites is 1. The minimum Gasteiger partial charge on any atom is -0.437 e. The monoisotopic (exact) mass is 299 g/mol. The number of aryl methyl sites for hydroxylation is 2. The molecule has 0 fully saturated rings. The topological polar surface area (TPSA) is 51.0 Å². The van der Waals surface area contributed by atoms with E-state index < -0.39 is 0 Å². The second-order valence-corrected chi connectivity index (χ2v) is 5.78. The first-order chi connectivity index (χ1) is 10.2. The standard InChI is InChI=1S/C16H17N3OS/c1-10-11(2)20-16(18-10)21-9-13-8-12-6-4-5-7-14(12)19-15(13)17-3/h4-8H,9H2,1-3H3,(H,17,19). The third-order valence-electron chi connectivity index (χ3n) is 3.40. The molecule has 3 aromatic rings. The maximum absolute atomic E-state index is 5.61. The molecule has 0 spiro atoms. The Bertz CT molecular complexity index is 763. The number of thioether (sulfide) groups is 1. The Morgan fingerprint density at radius 3 is 2.71 bits per heavy atom. The molecule has 0 unspecified atom stereocenters. The molecule has 0 aliphatic rings. The zero-order chi connectivity index (χ0) is 14.8. The van der Waals surface area contributed by atoms with Gasteiger partial charge in [-0.05, 0) is 26.0 Å². The van der Waals surface area contributed by atoms with Gasteiger partial charge in [-0.25, -0.2) is 9.97 Å². The molecule has 3 rings (SSSR count). The summed E-state index contributed by atoms with van der Waals surface area (Å²) < 4.78 is 5.61. The summed E-state index contributed by atoms with van der Waals surface area (Å²) in [7, 11) is 1.89. The second-order valence-electron chi connectivity index (χ2n) is 4.85. The van der Waals surface area contributed by atoms with Gasteiger partial charge in [0.1, 0.15) is 11.6 Å². The molecule has 0 saturated heterocycles. The molecule has 108 valence electrons. The van der Waals surface area contributed by atoms with Crippen LogP contribution in [0.1, 0.15) is 17.0 Å². The third-order valence-corrected chi connectivity index (χ3v) is 4.28. The van der Waals surface area contributed by atoms with E-state index in [1.54, 1.807) is 11.8 Å². The SMILES string of the molecule is CNc1nc2ccccc2cc1CSc1nc(C)c(C)o1. The molecular formula is C16H17N3OS. The fourth-order valence-corrected chi connectivity index (χ4v) is 3.02. The van der Waals surface area contributed by atoms with Crippen molar-refractivity contribution in [2.24, 2.45) is 0 Å². The van der Waals surface area contributed by atoms with Crippen LogP contribution < -0.4 is 5.32 Å². The van der Waals surface area contributed by atoms with Gasteiger partial charge in [0.15, 0.2) is 0 Å². The maximum Gasteiger partial charge on any atom is 0.256 e. The van der Waals surface area contributed by atoms with Crippen LogP contribution in [-0.2, 0) is 5.75 Å². The van der Waals surface area contributed by atoms with Gasteiger partial charge in [-0.1, -0.05) is 30.0 Å². The molecule has 5 heteroatoms. The molecule has 0 amide bonds. The summed E-state index contributed by atoms with van der Waals surface area (Å²) in [4.78, 5) is 9.05. The molecular weight excluding hydrogens is 282 g/mol. The summed E-state index contributed by atoms with van der Waals surface area (Å²) in [6, 6.07) is 10.3. The number of rotatable bonds is 4. The average Bonchev–Trinajstić information content (AvgIpc) is 2.82. The summed E-state index contributed by atoms with van der Waals surface area (Å²) in [5.74, 6) is 2.55. The van der Waals surface area contributed by atoms with Crippen LogP contribution in [0, 0.1) is 13.8 Å². The number of aromatic nitrogens is 2. The summed E-state index contributed by atoms with van der Waals surface area (Å²) in [5, 5.41) is 5.02. The second kappa shape index (κ2) is 5.77. The Morgan fingerprint density at radius 2 is 2.00 bits per heavy atom. The van der Waals surface area contributed by atoms with Crippen LogP contribution in [0.3, 0.4) is 0 Å². The number of nitrogens with zero attached hydrogens (tertiary/aromatic N) is 2. The van der Waals surface area contributed by atoms with E-state index in [0.29, 0.717) is 5.22 Å². The summed E-state index contributed by atoms with van der Waals surface area (Å²) in [5.41, 5.74) is 3.09. The molecule has 2 aromatic heterocycles. The molecule has 1 N–H and O–H groups in total. The van der Waals surface area contributed by atoms with Gasteiger partial charge in [-0.15, -0.1) is 0 Å². The minimum atomic E-state index is 0.709. The number of pyridine rings is 1. The average molecular weight is 299 g/mol. The summed E-state index contributed by atoms with van der Waals surface area (Å²) in [6.07, 6.45) is 0. The number of nitrogens with one attached hydrogen (secondary N) is 1. The number of hydrogen-bond acceptors (Lipinski definition) is 5. The van der Waals surface area contributed by atoms with Crippen molar-refractivity contribution >= 4 is 28.5 Å². The van der Waals surface area contributed by atoms with Gasteiger partial charge in [0.2, 0.25) is 0 Å². The fraction of sp³-hybridized carbons (Fsp3) is 0.250. The molecule has 0 atom stereocenters. The smallest absolute Gasteiger partial charge is 0.256 e. The molecule has 4 nitrogen and oxygen atoms in total. The number of oxazole rings is 1. The lowest BCUT2D eigenvalue weighted by Crippen LogP contribution is -1.98. The van der Waals surface area contributed by atoms with E-state index in [1.807, 2.05) is 39.1 Å². The molecule has 0 bridgehead atoms. The van der Waals surface area contributed by atoms with Crippen LogP contribution in [0.4, 0.5) is 5.82 Å². The number of benzene rings is 1. The van der Waals surface area contributed by atoms with E-state index >= 15 is 0 Å². The Hall–Kier alpha value is -2.01. The van der Waals surface area contributed by atoms with Gasteiger partial charge in [0, 0.05) is 23.8 Å². The number of hydrogen-bond donors (Lipinski definition) is 1. The van der Waals surface area contributed by atoms with Gasteiger partial charge in [0.25, 0.3) is 5.22 Å². The summed E-state index contributed by atoms with van der Waals surface area (Å²) >= 11 is 1.59. The van der Waals surface area contributed by atoms with Gasteiger partial charge in [0.05, 0.1) is 11.2 Å². The van der Waals surface area contributed by atoms with Crippen molar-refractivity contribution in [1.82, 2.24) is 9.97 Å². The zero-order valence-corrected chi connectivity index (χ0v) is 13.1. The number of anilines is 1. The van der Waals surface area contributed by atoms with Crippen LogP contribution in [0.2, 0.25) is 0 Å². The quantitative estimate of drug-likeness (QED) is 0.733. The molecule has 0 saturated carbocycles. The molecule has 2 heterocycles. The first-order valence-electron chi connectivity index (χ1n) is 6.80. The van der Waals surface area contributed by atoms with Crippen LogP contribution in [0.15, 0.2) is 40.0 Å². The highest BCUT2D eigenvalue weighted by molar-refractivity contribution is 7.98. The molecule has 0 radical (unpaired) electrons. The zero-order valence-electron chi connectivity index (χ0n) is 12.3. The fourth-order valence-electron chi connectivity index (χ4n) is 2.13.